The molecule has 1 fully saturated rings. The first-order valence-corrected chi connectivity index (χ1v) is 12.3. The van der Waals surface area contributed by atoms with Crippen LogP contribution in [0.5, 0.6) is 0 Å². The Morgan fingerprint density at radius 2 is 1.97 bits per heavy atom. The Kier molecular flexibility index (Phi) is 5.95. The summed E-state index contributed by atoms with van der Waals surface area (Å²) < 4.78 is 1.18. The third-order valence-electron chi connectivity index (χ3n) is 6.24. The highest BCUT2D eigenvalue weighted by Crippen LogP contribution is 2.31. The monoisotopic (exact) mass is 479 g/mol. The van der Waals surface area contributed by atoms with Crippen LogP contribution in [0.25, 0.3) is 21.0 Å². The van der Waals surface area contributed by atoms with Gasteiger partial charge in [0.1, 0.15) is 12.1 Å². The number of halogens is 1. The zero-order valence-electron chi connectivity index (χ0n) is 18.7. The molecule has 2 aromatic carbocycles. The molecule has 0 radical (unpaired) electrons. The van der Waals surface area contributed by atoms with Gasteiger partial charge in [-0.2, -0.15) is 0 Å². The summed E-state index contributed by atoms with van der Waals surface area (Å²) in [7, 11) is 0. The van der Waals surface area contributed by atoms with E-state index in [2.05, 4.69) is 40.8 Å². The fourth-order valence-corrected chi connectivity index (χ4v) is 6.03. The van der Waals surface area contributed by atoms with Crippen LogP contribution in [0.4, 0.5) is 5.82 Å². The molecule has 3 heterocycles. The fourth-order valence-electron chi connectivity index (χ4n) is 4.66. The second-order valence-corrected chi connectivity index (χ2v) is 10.5. The molecule has 33 heavy (non-hydrogen) atoms. The SMILES string of the molecule is CC(C)[C@H]1C(=O)N(Cc2ccc3c(N)ncnc3c2)CCN1Cc1cc2ccc(Cl)cc2s1. The van der Waals surface area contributed by atoms with Crippen molar-refractivity contribution in [1.82, 2.24) is 19.8 Å². The van der Waals surface area contributed by atoms with Crippen molar-refractivity contribution in [3.63, 3.8) is 0 Å². The third-order valence-corrected chi connectivity index (χ3v) is 7.56. The van der Waals surface area contributed by atoms with Crippen LogP contribution in [-0.4, -0.2) is 44.8 Å². The molecular weight excluding hydrogens is 454 g/mol. The van der Waals surface area contributed by atoms with Gasteiger partial charge in [-0.05, 0) is 47.2 Å². The number of aromatic nitrogens is 2. The number of hydrogen-bond acceptors (Lipinski definition) is 6. The number of piperazine rings is 1. The van der Waals surface area contributed by atoms with Crippen LogP contribution in [0.15, 0.2) is 48.8 Å². The van der Waals surface area contributed by atoms with Crippen LogP contribution in [0.2, 0.25) is 5.02 Å². The van der Waals surface area contributed by atoms with Crippen molar-refractivity contribution in [2.24, 2.45) is 5.92 Å². The average Bonchev–Trinajstić information content (AvgIpc) is 3.17. The quantitative estimate of drug-likeness (QED) is 0.438. The highest BCUT2D eigenvalue weighted by Gasteiger charge is 2.36. The highest BCUT2D eigenvalue weighted by atomic mass is 35.5. The molecule has 6 nitrogen and oxygen atoms in total. The van der Waals surface area contributed by atoms with Crippen LogP contribution in [0.1, 0.15) is 24.3 Å². The fraction of sp³-hybridized carbons (Fsp3) is 0.320. The summed E-state index contributed by atoms with van der Waals surface area (Å²) in [4.78, 5) is 27.5. The van der Waals surface area contributed by atoms with E-state index in [1.165, 1.54) is 21.3 Å². The maximum absolute atomic E-state index is 13.5. The summed E-state index contributed by atoms with van der Waals surface area (Å²) >= 11 is 7.91. The third kappa shape index (κ3) is 4.40. The molecule has 1 amide bonds. The van der Waals surface area contributed by atoms with Gasteiger partial charge < -0.3 is 10.6 Å². The first-order chi connectivity index (χ1) is 15.9. The Morgan fingerprint density at radius 3 is 2.79 bits per heavy atom. The summed E-state index contributed by atoms with van der Waals surface area (Å²) in [5, 5.41) is 2.79. The maximum atomic E-state index is 13.5. The van der Waals surface area contributed by atoms with E-state index in [0.717, 1.165) is 34.6 Å². The molecule has 5 rings (SSSR count). The number of nitrogens with zero attached hydrogens (tertiary/aromatic N) is 4. The summed E-state index contributed by atoms with van der Waals surface area (Å²) in [6, 6.07) is 14.0. The molecular formula is C25H26ClN5OS. The van der Waals surface area contributed by atoms with Gasteiger partial charge in [-0.15, -0.1) is 11.3 Å². The van der Waals surface area contributed by atoms with E-state index in [1.807, 2.05) is 35.2 Å². The summed E-state index contributed by atoms with van der Waals surface area (Å²) in [6.45, 7) is 7.12. The van der Waals surface area contributed by atoms with Crippen LogP contribution in [-0.2, 0) is 17.9 Å². The van der Waals surface area contributed by atoms with E-state index < -0.39 is 0 Å². The number of thiophene rings is 1. The zero-order valence-corrected chi connectivity index (χ0v) is 20.2. The standard InChI is InChI=1S/C25H26ClN5OS/c1-15(2)23-25(32)31(12-16-3-6-20-21(9-16)28-14-29-24(20)27)8-7-30(23)13-19-10-17-4-5-18(26)11-22(17)33-19/h3-6,9-11,14-15,23H,7-8,12-13H2,1-2H3,(H2,27,28,29)/t23-/m0/s1. The zero-order chi connectivity index (χ0) is 23.1. The Bertz CT molecular complexity index is 1340. The van der Waals surface area contributed by atoms with Crippen molar-refractivity contribution in [3.05, 3.63) is 64.3 Å². The van der Waals surface area contributed by atoms with Gasteiger partial charge in [-0.3, -0.25) is 9.69 Å². The topological polar surface area (TPSA) is 75.3 Å². The van der Waals surface area contributed by atoms with Gasteiger partial charge in [-0.25, -0.2) is 9.97 Å². The second-order valence-electron chi connectivity index (χ2n) is 8.92. The number of nitrogens with two attached hydrogens (primary N) is 1. The number of amides is 1. The molecule has 0 bridgehead atoms. The number of hydrogen-bond donors (Lipinski definition) is 1. The number of rotatable bonds is 5. The predicted molar refractivity (Wildman–Crippen MR) is 135 cm³/mol. The second kappa shape index (κ2) is 8.89. The minimum atomic E-state index is -0.147. The van der Waals surface area contributed by atoms with Crippen molar-refractivity contribution in [2.75, 3.05) is 18.8 Å². The van der Waals surface area contributed by atoms with Crippen molar-refractivity contribution < 1.29 is 4.79 Å². The molecule has 8 heteroatoms. The number of carbonyl (C=O) groups is 1. The van der Waals surface area contributed by atoms with Gasteiger partial charge in [0, 0.05) is 46.2 Å². The average molecular weight is 480 g/mol. The number of nitrogen functional groups attached to an aromatic ring is 1. The van der Waals surface area contributed by atoms with Crippen molar-refractivity contribution in [2.45, 2.75) is 33.0 Å². The molecule has 170 valence electrons. The van der Waals surface area contributed by atoms with Gasteiger partial charge >= 0.3 is 0 Å². The summed E-state index contributed by atoms with van der Waals surface area (Å²) in [6.07, 6.45) is 1.47. The Labute approximate surface area is 202 Å². The van der Waals surface area contributed by atoms with E-state index in [0.29, 0.717) is 18.9 Å². The van der Waals surface area contributed by atoms with Crippen LogP contribution in [0.3, 0.4) is 0 Å². The van der Waals surface area contributed by atoms with E-state index in [1.54, 1.807) is 11.3 Å². The van der Waals surface area contributed by atoms with Crippen molar-refractivity contribution >= 4 is 55.7 Å². The van der Waals surface area contributed by atoms with Gasteiger partial charge in [0.25, 0.3) is 0 Å². The number of benzene rings is 2. The first kappa shape index (κ1) is 22.1. The molecule has 1 aliphatic rings. The van der Waals surface area contributed by atoms with E-state index in [9.17, 15) is 4.79 Å². The molecule has 1 atom stereocenters. The Hall–Kier alpha value is -2.74. The molecule has 2 N–H and O–H groups in total. The number of carbonyl (C=O) groups excluding carboxylic acids is 1. The van der Waals surface area contributed by atoms with E-state index in [4.69, 9.17) is 17.3 Å². The predicted octanol–water partition coefficient (Wildman–Crippen LogP) is 4.95. The molecule has 0 spiro atoms. The molecule has 0 saturated carbocycles. The number of anilines is 1. The summed E-state index contributed by atoms with van der Waals surface area (Å²) in [5.74, 6) is 0.871. The highest BCUT2D eigenvalue weighted by molar-refractivity contribution is 7.19. The van der Waals surface area contributed by atoms with Crippen molar-refractivity contribution in [1.29, 1.82) is 0 Å². The minimum Gasteiger partial charge on any atom is -0.383 e. The normalized spacial score (nSPS) is 17.5. The minimum absolute atomic E-state index is 0.147. The Morgan fingerprint density at radius 1 is 1.12 bits per heavy atom. The lowest BCUT2D eigenvalue weighted by Crippen LogP contribution is -2.58. The molecule has 0 aliphatic carbocycles. The van der Waals surface area contributed by atoms with Gasteiger partial charge in [-0.1, -0.05) is 37.6 Å². The molecule has 0 unspecified atom stereocenters. The lowest BCUT2D eigenvalue weighted by molar-refractivity contribution is -0.145. The smallest absolute Gasteiger partial charge is 0.240 e. The molecule has 1 aliphatic heterocycles. The first-order valence-electron chi connectivity index (χ1n) is 11.1. The van der Waals surface area contributed by atoms with Gasteiger partial charge in [0.2, 0.25) is 5.91 Å². The van der Waals surface area contributed by atoms with Crippen molar-refractivity contribution in [3.8, 4) is 0 Å². The van der Waals surface area contributed by atoms with Crippen LogP contribution in [0, 0.1) is 5.92 Å². The number of fused-ring (bicyclic) bond motifs is 2. The maximum Gasteiger partial charge on any atom is 0.240 e. The Balaban J connectivity index is 1.34. The lowest BCUT2D eigenvalue weighted by Gasteiger charge is -2.42. The summed E-state index contributed by atoms with van der Waals surface area (Å²) in [5.41, 5.74) is 7.80. The molecule has 1 saturated heterocycles. The van der Waals surface area contributed by atoms with Crippen LogP contribution < -0.4 is 5.73 Å². The van der Waals surface area contributed by atoms with E-state index in [-0.39, 0.29) is 17.9 Å². The van der Waals surface area contributed by atoms with Crippen LogP contribution >= 0.6 is 22.9 Å². The van der Waals surface area contributed by atoms with E-state index >= 15 is 0 Å². The van der Waals surface area contributed by atoms with Gasteiger partial charge in [0.15, 0.2) is 0 Å². The molecule has 2 aromatic heterocycles. The molecule has 4 aromatic rings. The largest absolute Gasteiger partial charge is 0.383 e. The van der Waals surface area contributed by atoms with Gasteiger partial charge in [0.05, 0.1) is 11.6 Å². The lowest BCUT2D eigenvalue weighted by atomic mass is 9.98.